The number of rotatable bonds is 7. The first-order valence-corrected chi connectivity index (χ1v) is 12.8. The molecule has 0 aliphatic carbocycles. The van der Waals surface area contributed by atoms with Crippen molar-refractivity contribution in [1.82, 2.24) is 4.90 Å². The van der Waals surface area contributed by atoms with Crippen LogP contribution in [-0.4, -0.2) is 41.8 Å². The molecule has 0 saturated carbocycles. The summed E-state index contributed by atoms with van der Waals surface area (Å²) in [5, 5.41) is 12.4. The Hall–Kier alpha value is -2.23. The Morgan fingerprint density at radius 2 is 2.12 bits per heavy atom. The standard InChI is InChI=1S/C26H32ClNO3S.C2H2/c1-16(27)10-21-13-26(32-19(21)4)20-8-9-28(17(2)11-20)14-22(29)15-30-24-6-5-7-25-23(24)12-18(3)31-25;1-2/h5-7,10,12-13,17,20,22,29H,8-9,11,14-15H2,1-4H3;1-2H/b16-10+;/t17-,20?,22?;/m0./s1. The third kappa shape index (κ3) is 6.46. The number of likely N-dealkylation sites (tertiary alicyclic amines) is 1. The fourth-order valence-corrected chi connectivity index (χ4v) is 5.90. The van der Waals surface area contributed by atoms with Gasteiger partial charge in [-0.2, -0.15) is 0 Å². The zero-order valence-electron chi connectivity index (χ0n) is 20.4. The van der Waals surface area contributed by atoms with Crippen LogP contribution in [0.3, 0.4) is 0 Å². The smallest absolute Gasteiger partial charge is 0.137 e. The van der Waals surface area contributed by atoms with Gasteiger partial charge in [-0.3, -0.25) is 4.90 Å². The van der Waals surface area contributed by atoms with Crippen molar-refractivity contribution in [3.05, 3.63) is 56.4 Å². The van der Waals surface area contributed by atoms with Crippen LogP contribution in [0, 0.1) is 26.7 Å². The van der Waals surface area contributed by atoms with Crippen molar-refractivity contribution in [3.8, 4) is 18.6 Å². The summed E-state index contributed by atoms with van der Waals surface area (Å²) in [7, 11) is 0. The van der Waals surface area contributed by atoms with E-state index in [1.807, 2.05) is 49.4 Å². The molecular formula is C28H34ClNO3S. The van der Waals surface area contributed by atoms with E-state index in [-0.39, 0.29) is 6.61 Å². The van der Waals surface area contributed by atoms with Gasteiger partial charge < -0.3 is 14.3 Å². The molecule has 3 heterocycles. The number of piperidine rings is 1. The number of β-amino-alcohol motifs (C(OH)–C–C–N with tert-alkyl or cyclic N) is 1. The predicted octanol–water partition coefficient (Wildman–Crippen LogP) is 6.97. The van der Waals surface area contributed by atoms with Crippen molar-refractivity contribution in [2.45, 2.75) is 58.6 Å². The van der Waals surface area contributed by atoms with E-state index in [0.29, 0.717) is 18.5 Å². The minimum Gasteiger partial charge on any atom is -0.490 e. The molecule has 0 bridgehead atoms. The fraction of sp³-hybridized carbons (Fsp3) is 0.429. The first-order valence-electron chi connectivity index (χ1n) is 11.6. The van der Waals surface area contributed by atoms with Gasteiger partial charge in [-0.05, 0) is 88.9 Å². The molecule has 34 heavy (non-hydrogen) atoms. The summed E-state index contributed by atoms with van der Waals surface area (Å²) in [5.41, 5.74) is 2.05. The summed E-state index contributed by atoms with van der Waals surface area (Å²) in [6, 6.07) is 10.5. The Kier molecular flexibility index (Phi) is 9.27. The van der Waals surface area contributed by atoms with Crippen molar-refractivity contribution in [3.63, 3.8) is 0 Å². The van der Waals surface area contributed by atoms with Gasteiger partial charge in [-0.25, -0.2) is 0 Å². The zero-order chi connectivity index (χ0) is 24.8. The summed E-state index contributed by atoms with van der Waals surface area (Å²) >= 11 is 7.97. The second-order valence-corrected chi connectivity index (χ2v) is 10.8. The van der Waals surface area contributed by atoms with Crippen molar-refractivity contribution >= 4 is 40.0 Å². The highest BCUT2D eigenvalue weighted by molar-refractivity contribution is 7.12. The molecule has 2 unspecified atom stereocenters. The minimum atomic E-state index is -0.537. The van der Waals surface area contributed by atoms with Gasteiger partial charge in [0.1, 0.15) is 29.8 Å². The van der Waals surface area contributed by atoms with E-state index in [0.717, 1.165) is 46.9 Å². The lowest BCUT2D eigenvalue weighted by Gasteiger charge is -2.38. The van der Waals surface area contributed by atoms with Crippen LogP contribution in [0.1, 0.15) is 53.7 Å². The van der Waals surface area contributed by atoms with Gasteiger partial charge in [0, 0.05) is 27.4 Å². The second kappa shape index (κ2) is 12.0. The molecule has 4 rings (SSSR count). The molecule has 2 aromatic heterocycles. The Bertz CT molecular complexity index is 1140. The highest BCUT2D eigenvalue weighted by Crippen LogP contribution is 2.37. The molecule has 182 valence electrons. The number of hydrogen-bond donors (Lipinski definition) is 1. The van der Waals surface area contributed by atoms with Crippen LogP contribution >= 0.6 is 22.9 Å². The molecule has 1 saturated heterocycles. The number of ether oxygens (including phenoxy) is 1. The normalized spacial score (nSPS) is 20.1. The van der Waals surface area contributed by atoms with Crippen molar-refractivity contribution < 1.29 is 14.3 Å². The van der Waals surface area contributed by atoms with Crippen LogP contribution in [0.5, 0.6) is 5.75 Å². The Balaban J connectivity index is 0.00000158. The first kappa shape index (κ1) is 26.4. The largest absolute Gasteiger partial charge is 0.490 e. The van der Waals surface area contributed by atoms with E-state index in [4.69, 9.17) is 20.8 Å². The van der Waals surface area contributed by atoms with Crippen molar-refractivity contribution in [2.24, 2.45) is 0 Å². The van der Waals surface area contributed by atoms with Gasteiger partial charge in [0.2, 0.25) is 0 Å². The predicted molar refractivity (Wildman–Crippen MR) is 144 cm³/mol. The molecule has 3 atom stereocenters. The molecule has 3 aromatic rings. The van der Waals surface area contributed by atoms with E-state index in [1.54, 1.807) is 0 Å². The number of aliphatic hydroxyl groups excluding tert-OH is 1. The third-order valence-corrected chi connectivity index (χ3v) is 7.60. The average molecular weight is 500 g/mol. The number of hydrogen-bond acceptors (Lipinski definition) is 5. The average Bonchev–Trinajstić information content (AvgIpc) is 3.36. The number of aliphatic hydroxyl groups is 1. The summed E-state index contributed by atoms with van der Waals surface area (Å²) in [5.74, 6) is 2.18. The van der Waals surface area contributed by atoms with Crippen LogP contribution in [0.25, 0.3) is 17.0 Å². The molecule has 1 aliphatic heterocycles. The van der Waals surface area contributed by atoms with Crippen LogP contribution in [0.2, 0.25) is 0 Å². The van der Waals surface area contributed by atoms with Crippen LogP contribution in [0.4, 0.5) is 0 Å². The number of furan rings is 1. The topological polar surface area (TPSA) is 45.8 Å². The second-order valence-electron chi connectivity index (χ2n) is 8.95. The molecule has 1 aliphatic rings. The number of nitrogens with zero attached hydrogens (tertiary/aromatic N) is 1. The van der Waals surface area contributed by atoms with Gasteiger partial charge in [0.15, 0.2) is 0 Å². The maximum atomic E-state index is 10.7. The minimum absolute atomic E-state index is 0.271. The van der Waals surface area contributed by atoms with Gasteiger partial charge in [0.25, 0.3) is 0 Å². The van der Waals surface area contributed by atoms with Gasteiger partial charge in [-0.1, -0.05) is 17.7 Å². The maximum Gasteiger partial charge on any atom is 0.137 e. The number of halogens is 1. The van der Waals surface area contributed by atoms with Crippen molar-refractivity contribution in [1.29, 1.82) is 0 Å². The van der Waals surface area contributed by atoms with E-state index in [9.17, 15) is 5.11 Å². The molecule has 0 radical (unpaired) electrons. The lowest BCUT2D eigenvalue weighted by molar-refractivity contribution is 0.0408. The maximum absolute atomic E-state index is 10.7. The summed E-state index contributed by atoms with van der Waals surface area (Å²) in [6.45, 7) is 10.2. The van der Waals surface area contributed by atoms with Gasteiger partial charge in [0.05, 0.1) is 5.39 Å². The quantitative estimate of drug-likeness (QED) is 0.356. The third-order valence-electron chi connectivity index (χ3n) is 6.27. The Labute approximate surface area is 212 Å². The monoisotopic (exact) mass is 499 g/mol. The molecule has 0 amide bonds. The Morgan fingerprint density at radius 3 is 2.82 bits per heavy atom. The van der Waals surface area contributed by atoms with E-state index in [2.05, 4.69) is 43.7 Å². The molecule has 1 aromatic carbocycles. The number of terminal acetylenes is 1. The molecule has 1 N–H and O–H groups in total. The lowest BCUT2D eigenvalue weighted by Crippen LogP contribution is -2.45. The Morgan fingerprint density at radius 1 is 1.35 bits per heavy atom. The van der Waals surface area contributed by atoms with Gasteiger partial charge in [-0.15, -0.1) is 24.2 Å². The number of allylic oxidation sites excluding steroid dienone is 1. The van der Waals surface area contributed by atoms with Crippen LogP contribution in [0.15, 0.2) is 39.8 Å². The molecule has 0 spiro atoms. The van der Waals surface area contributed by atoms with E-state index >= 15 is 0 Å². The number of thiophene rings is 1. The summed E-state index contributed by atoms with van der Waals surface area (Å²) in [4.78, 5) is 5.16. The number of fused-ring (bicyclic) bond motifs is 1. The van der Waals surface area contributed by atoms with Crippen molar-refractivity contribution in [2.75, 3.05) is 19.7 Å². The van der Waals surface area contributed by atoms with E-state index < -0.39 is 6.10 Å². The first-order chi connectivity index (χ1) is 16.3. The fourth-order valence-electron chi connectivity index (χ4n) is 4.63. The van der Waals surface area contributed by atoms with Crippen LogP contribution < -0.4 is 4.74 Å². The zero-order valence-corrected chi connectivity index (χ0v) is 22.0. The van der Waals surface area contributed by atoms with E-state index in [1.165, 1.54) is 15.3 Å². The molecule has 4 nitrogen and oxygen atoms in total. The highest BCUT2D eigenvalue weighted by Gasteiger charge is 2.29. The number of aryl methyl sites for hydroxylation is 2. The van der Waals surface area contributed by atoms with Crippen LogP contribution in [-0.2, 0) is 0 Å². The summed E-state index contributed by atoms with van der Waals surface area (Å²) in [6.07, 6.45) is 11.7. The number of benzene rings is 1. The highest BCUT2D eigenvalue weighted by atomic mass is 35.5. The summed E-state index contributed by atoms with van der Waals surface area (Å²) < 4.78 is 11.6. The molecular weight excluding hydrogens is 466 g/mol. The van der Waals surface area contributed by atoms with Gasteiger partial charge >= 0.3 is 0 Å². The lowest BCUT2D eigenvalue weighted by atomic mass is 9.90. The SMILES string of the molecule is C#C.C/C(Cl)=C\c1cc(C2CCN(CC(O)COc3cccc4oc(C)cc34)[C@@H](C)C2)sc1C. The molecule has 1 fully saturated rings. The molecule has 6 heteroatoms.